The number of rotatable bonds is 1. The molecule has 1 aliphatic carbocycles. The highest BCUT2D eigenvalue weighted by molar-refractivity contribution is 5.78. The molecule has 1 aliphatic heterocycles. The Balaban J connectivity index is 2.01. The van der Waals surface area contributed by atoms with Crippen LogP contribution in [-0.2, 0) is 4.79 Å². The predicted octanol–water partition coefficient (Wildman–Crippen LogP) is 2.19. The molecule has 2 unspecified atom stereocenters. The van der Waals surface area contributed by atoms with Gasteiger partial charge in [0.1, 0.15) is 0 Å². The lowest BCUT2D eigenvalue weighted by atomic mass is 9.85. The van der Waals surface area contributed by atoms with Crippen LogP contribution in [0, 0.1) is 5.92 Å². The summed E-state index contributed by atoms with van der Waals surface area (Å²) in [6, 6.07) is 0.573. The lowest BCUT2D eigenvalue weighted by Crippen LogP contribution is -2.42. The highest BCUT2D eigenvalue weighted by Gasteiger charge is 2.32. The summed E-state index contributed by atoms with van der Waals surface area (Å²) in [4.78, 5) is 13.7. The first-order valence-corrected chi connectivity index (χ1v) is 5.58. The van der Waals surface area contributed by atoms with Crippen molar-refractivity contribution < 1.29 is 4.79 Å². The molecule has 0 bridgehead atoms. The van der Waals surface area contributed by atoms with Crippen molar-refractivity contribution >= 4 is 5.91 Å². The van der Waals surface area contributed by atoms with Crippen molar-refractivity contribution in [3.8, 4) is 0 Å². The van der Waals surface area contributed by atoms with Gasteiger partial charge in [-0.25, -0.2) is 0 Å². The molecule has 2 fully saturated rings. The molecule has 2 aliphatic rings. The summed E-state index contributed by atoms with van der Waals surface area (Å²) >= 11 is 0. The summed E-state index contributed by atoms with van der Waals surface area (Å²) in [5.74, 6) is 1.13. The van der Waals surface area contributed by atoms with Crippen LogP contribution in [0.15, 0.2) is 0 Å². The Labute approximate surface area is 80.3 Å². The first-order chi connectivity index (χ1) is 6.29. The summed E-state index contributed by atoms with van der Waals surface area (Å²) in [6.07, 6.45) is 7.12. The van der Waals surface area contributed by atoms with E-state index >= 15 is 0 Å². The summed E-state index contributed by atoms with van der Waals surface area (Å²) in [5, 5.41) is 0. The number of amides is 1. The lowest BCUT2D eigenvalue weighted by molar-refractivity contribution is -0.131. The van der Waals surface area contributed by atoms with Crippen molar-refractivity contribution in [2.75, 3.05) is 6.54 Å². The van der Waals surface area contributed by atoms with Crippen molar-refractivity contribution in [3.63, 3.8) is 0 Å². The number of carbonyl (C=O) groups is 1. The quantitative estimate of drug-likeness (QED) is 0.607. The second-order valence-corrected chi connectivity index (χ2v) is 4.52. The molecular weight excluding hydrogens is 162 g/mol. The number of carbonyl (C=O) groups excluding carboxylic acids is 1. The second kappa shape index (κ2) is 3.69. The van der Waals surface area contributed by atoms with Gasteiger partial charge in [0.15, 0.2) is 0 Å². The van der Waals surface area contributed by atoms with Crippen molar-refractivity contribution in [1.29, 1.82) is 0 Å². The van der Waals surface area contributed by atoms with E-state index in [0.29, 0.717) is 11.9 Å². The van der Waals surface area contributed by atoms with Gasteiger partial charge in [0.25, 0.3) is 0 Å². The third kappa shape index (κ3) is 1.72. The Morgan fingerprint density at radius 2 is 2.00 bits per heavy atom. The van der Waals surface area contributed by atoms with E-state index in [1.54, 1.807) is 0 Å². The summed E-state index contributed by atoms with van der Waals surface area (Å²) in [5.41, 5.74) is 0. The molecule has 1 amide bonds. The lowest BCUT2D eigenvalue weighted by Gasteiger charge is -2.36. The standard InChI is InChI=1S/C11H19NO/c1-9-5-2-3-6-10(9)12-8-4-7-11(12)13/h9-10H,2-8H2,1H3. The molecule has 0 spiro atoms. The van der Waals surface area contributed by atoms with Gasteiger partial charge in [-0.05, 0) is 25.2 Å². The van der Waals surface area contributed by atoms with Crippen LogP contribution in [0.2, 0.25) is 0 Å². The van der Waals surface area contributed by atoms with E-state index < -0.39 is 0 Å². The maximum atomic E-state index is 11.5. The first kappa shape index (κ1) is 9.04. The van der Waals surface area contributed by atoms with E-state index in [4.69, 9.17) is 0 Å². The molecule has 0 N–H and O–H groups in total. The molecule has 0 radical (unpaired) electrons. The zero-order chi connectivity index (χ0) is 9.26. The monoisotopic (exact) mass is 181 g/mol. The van der Waals surface area contributed by atoms with Gasteiger partial charge >= 0.3 is 0 Å². The summed E-state index contributed by atoms with van der Waals surface area (Å²) in [7, 11) is 0. The molecule has 2 nitrogen and oxygen atoms in total. The van der Waals surface area contributed by atoms with Gasteiger partial charge in [0.2, 0.25) is 5.91 Å². The highest BCUT2D eigenvalue weighted by atomic mass is 16.2. The van der Waals surface area contributed by atoms with Gasteiger partial charge in [-0.3, -0.25) is 4.79 Å². The fourth-order valence-corrected chi connectivity index (χ4v) is 2.78. The minimum absolute atomic E-state index is 0.402. The Morgan fingerprint density at radius 3 is 2.62 bits per heavy atom. The normalized spacial score (nSPS) is 35.5. The Hall–Kier alpha value is -0.530. The molecule has 0 aromatic heterocycles. The largest absolute Gasteiger partial charge is 0.339 e. The fourth-order valence-electron chi connectivity index (χ4n) is 2.78. The van der Waals surface area contributed by atoms with Crippen molar-refractivity contribution in [2.45, 2.75) is 51.5 Å². The average Bonchev–Trinajstić information content (AvgIpc) is 2.52. The van der Waals surface area contributed by atoms with E-state index in [1.165, 1.54) is 25.7 Å². The maximum absolute atomic E-state index is 11.5. The van der Waals surface area contributed by atoms with E-state index in [-0.39, 0.29) is 0 Å². The van der Waals surface area contributed by atoms with Gasteiger partial charge in [-0.15, -0.1) is 0 Å². The summed E-state index contributed by atoms with van der Waals surface area (Å²) in [6.45, 7) is 3.32. The van der Waals surface area contributed by atoms with Crippen LogP contribution in [0.25, 0.3) is 0 Å². The van der Waals surface area contributed by atoms with Crippen LogP contribution in [0.3, 0.4) is 0 Å². The van der Waals surface area contributed by atoms with Crippen molar-refractivity contribution in [2.24, 2.45) is 5.92 Å². The Morgan fingerprint density at radius 1 is 1.23 bits per heavy atom. The van der Waals surface area contributed by atoms with E-state index in [0.717, 1.165) is 25.3 Å². The molecule has 13 heavy (non-hydrogen) atoms. The number of likely N-dealkylation sites (tertiary alicyclic amines) is 1. The molecule has 0 aromatic carbocycles. The van der Waals surface area contributed by atoms with Crippen LogP contribution in [0.1, 0.15) is 45.4 Å². The Kier molecular flexibility index (Phi) is 2.56. The molecule has 0 aromatic rings. The van der Waals surface area contributed by atoms with E-state index in [2.05, 4.69) is 11.8 Å². The van der Waals surface area contributed by atoms with Gasteiger partial charge < -0.3 is 4.90 Å². The van der Waals surface area contributed by atoms with E-state index in [1.807, 2.05) is 0 Å². The molecular formula is C11H19NO. The molecule has 1 saturated carbocycles. The molecule has 2 atom stereocenters. The topological polar surface area (TPSA) is 20.3 Å². The SMILES string of the molecule is CC1CCCCC1N1CCCC1=O. The molecule has 74 valence electrons. The van der Waals surface area contributed by atoms with Crippen LogP contribution in [0.4, 0.5) is 0 Å². The smallest absolute Gasteiger partial charge is 0.222 e. The molecule has 1 saturated heterocycles. The van der Waals surface area contributed by atoms with Gasteiger partial charge in [0.05, 0.1) is 0 Å². The fraction of sp³-hybridized carbons (Fsp3) is 0.909. The van der Waals surface area contributed by atoms with Crippen LogP contribution in [0.5, 0.6) is 0 Å². The average molecular weight is 181 g/mol. The molecule has 1 heterocycles. The molecule has 2 heteroatoms. The van der Waals surface area contributed by atoms with Gasteiger partial charge in [0, 0.05) is 19.0 Å². The summed E-state index contributed by atoms with van der Waals surface area (Å²) < 4.78 is 0. The van der Waals surface area contributed by atoms with Crippen molar-refractivity contribution in [1.82, 2.24) is 4.90 Å². The maximum Gasteiger partial charge on any atom is 0.222 e. The number of hydrogen-bond donors (Lipinski definition) is 0. The predicted molar refractivity (Wildman–Crippen MR) is 52.4 cm³/mol. The first-order valence-electron chi connectivity index (χ1n) is 5.58. The zero-order valence-electron chi connectivity index (χ0n) is 8.46. The Bertz CT molecular complexity index is 202. The van der Waals surface area contributed by atoms with Crippen LogP contribution in [-0.4, -0.2) is 23.4 Å². The second-order valence-electron chi connectivity index (χ2n) is 4.52. The molecule has 2 rings (SSSR count). The van der Waals surface area contributed by atoms with Gasteiger partial charge in [-0.1, -0.05) is 19.8 Å². The van der Waals surface area contributed by atoms with Crippen molar-refractivity contribution in [3.05, 3.63) is 0 Å². The third-order valence-corrected chi connectivity index (χ3v) is 3.58. The van der Waals surface area contributed by atoms with Crippen LogP contribution >= 0.6 is 0 Å². The van der Waals surface area contributed by atoms with E-state index in [9.17, 15) is 4.79 Å². The minimum atomic E-state index is 0.402. The number of nitrogens with zero attached hydrogens (tertiary/aromatic N) is 1. The minimum Gasteiger partial charge on any atom is -0.339 e. The third-order valence-electron chi connectivity index (χ3n) is 3.58. The van der Waals surface area contributed by atoms with Crippen LogP contribution < -0.4 is 0 Å². The number of hydrogen-bond acceptors (Lipinski definition) is 1. The highest BCUT2D eigenvalue weighted by Crippen LogP contribution is 2.30. The zero-order valence-corrected chi connectivity index (χ0v) is 8.46. The van der Waals surface area contributed by atoms with Gasteiger partial charge in [-0.2, -0.15) is 0 Å².